The van der Waals surface area contributed by atoms with Gasteiger partial charge in [0.25, 0.3) is 11.8 Å². The quantitative estimate of drug-likeness (QED) is 0.432. The average Bonchev–Trinajstić information content (AvgIpc) is 3.09. The highest BCUT2D eigenvalue weighted by molar-refractivity contribution is 6.13. The van der Waals surface area contributed by atoms with Crippen LogP contribution in [-0.2, 0) is 25.6 Å². The van der Waals surface area contributed by atoms with Gasteiger partial charge in [-0.05, 0) is 31.7 Å². The lowest BCUT2D eigenvalue weighted by atomic mass is 10.1. The third-order valence-electron chi connectivity index (χ3n) is 4.74. The zero-order valence-corrected chi connectivity index (χ0v) is 18.6. The van der Waals surface area contributed by atoms with Crippen LogP contribution in [0.15, 0.2) is 36.4 Å². The van der Waals surface area contributed by atoms with Crippen molar-refractivity contribution in [1.29, 1.82) is 0 Å². The van der Waals surface area contributed by atoms with Gasteiger partial charge in [-0.3, -0.25) is 24.1 Å². The molecule has 0 saturated carbocycles. The third kappa shape index (κ3) is 9.57. The molecule has 1 aliphatic rings. The van der Waals surface area contributed by atoms with Crippen molar-refractivity contribution in [3.8, 4) is 0 Å². The molecule has 0 bridgehead atoms. The SMILES string of the molecule is CCCN(CO)C(=O)CCCc1ccc(C)cc1.CNC(=O)CCN1C(=O)C=CC1=O. The largest absolute Gasteiger partial charge is 0.376 e. The molecule has 0 spiro atoms. The molecule has 0 saturated heterocycles. The summed E-state index contributed by atoms with van der Waals surface area (Å²) in [5.74, 6) is -0.846. The lowest BCUT2D eigenvalue weighted by Gasteiger charge is -2.18. The first-order valence-electron chi connectivity index (χ1n) is 10.5. The topological polar surface area (TPSA) is 107 Å². The summed E-state index contributed by atoms with van der Waals surface area (Å²) in [6.07, 6.45) is 5.69. The van der Waals surface area contributed by atoms with Crippen molar-refractivity contribution >= 4 is 23.6 Å². The molecule has 0 aliphatic carbocycles. The standard InChI is InChI=1S/C15H23NO2.C8H10N2O3/c1-3-11-16(12-17)15(18)6-4-5-14-9-7-13(2)8-10-14;1-9-6(11)4-5-10-7(12)2-3-8(10)13/h7-10,17H,3-6,11-12H2,1-2H3;2-3H,4-5H2,1H3,(H,9,11). The minimum Gasteiger partial charge on any atom is -0.376 e. The predicted octanol–water partition coefficient (Wildman–Crippen LogP) is 1.55. The maximum absolute atomic E-state index is 11.8. The van der Waals surface area contributed by atoms with Crippen LogP contribution < -0.4 is 5.32 Å². The number of aliphatic hydroxyl groups excluding tert-OH is 1. The van der Waals surface area contributed by atoms with Gasteiger partial charge in [-0.2, -0.15) is 0 Å². The summed E-state index contributed by atoms with van der Waals surface area (Å²) in [7, 11) is 1.51. The van der Waals surface area contributed by atoms with Gasteiger partial charge in [-0.1, -0.05) is 36.8 Å². The first kappa shape index (κ1) is 26.0. The summed E-state index contributed by atoms with van der Waals surface area (Å²) < 4.78 is 0. The van der Waals surface area contributed by atoms with Gasteiger partial charge in [0.05, 0.1) is 0 Å². The van der Waals surface area contributed by atoms with Crippen LogP contribution in [0.3, 0.4) is 0 Å². The van der Waals surface area contributed by atoms with Gasteiger partial charge < -0.3 is 15.3 Å². The van der Waals surface area contributed by atoms with Crippen LogP contribution in [0.5, 0.6) is 0 Å². The van der Waals surface area contributed by atoms with Gasteiger partial charge in [-0.15, -0.1) is 0 Å². The third-order valence-corrected chi connectivity index (χ3v) is 4.74. The highest BCUT2D eigenvalue weighted by Gasteiger charge is 2.23. The van der Waals surface area contributed by atoms with Crippen molar-refractivity contribution in [2.45, 2.75) is 46.0 Å². The van der Waals surface area contributed by atoms with Crippen molar-refractivity contribution in [2.75, 3.05) is 26.9 Å². The number of carbonyl (C=O) groups excluding carboxylic acids is 4. The van der Waals surface area contributed by atoms with Gasteiger partial charge in [0, 0.05) is 45.1 Å². The van der Waals surface area contributed by atoms with E-state index in [1.54, 1.807) is 0 Å². The Labute approximate surface area is 183 Å². The minimum atomic E-state index is -0.353. The van der Waals surface area contributed by atoms with Gasteiger partial charge in [0.2, 0.25) is 11.8 Å². The normalized spacial score (nSPS) is 12.5. The molecule has 2 N–H and O–H groups in total. The maximum Gasteiger partial charge on any atom is 0.253 e. The number of carbonyl (C=O) groups is 4. The molecule has 170 valence electrons. The first-order valence-corrected chi connectivity index (χ1v) is 10.5. The van der Waals surface area contributed by atoms with E-state index in [9.17, 15) is 19.2 Å². The van der Waals surface area contributed by atoms with Gasteiger partial charge in [0.1, 0.15) is 6.73 Å². The van der Waals surface area contributed by atoms with Crippen LogP contribution >= 0.6 is 0 Å². The van der Waals surface area contributed by atoms with Crippen molar-refractivity contribution in [2.24, 2.45) is 0 Å². The molecule has 1 aliphatic heterocycles. The van der Waals surface area contributed by atoms with Crippen LogP contribution in [0.2, 0.25) is 0 Å². The predicted molar refractivity (Wildman–Crippen MR) is 118 cm³/mol. The van der Waals surface area contributed by atoms with E-state index in [1.165, 1.54) is 35.2 Å². The summed E-state index contributed by atoms with van der Waals surface area (Å²) in [6, 6.07) is 8.40. The number of benzene rings is 1. The number of rotatable bonds is 10. The Morgan fingerprint density at radius 2 is 1.68 bits per heavy atom. The van der Waals surface area contributed by atoms with E-state index in [0.29, 0.717) is 13.0 Å². The van der Waals surface area contributed by atoms with Crippen molar-refractivity contribution in [3.63, 3.8) is 0 Å². The van der Waals surface area contributed by atoms with E-state index in [2.05, 4.69) is 36.5 Å². The fraction of sp³-hybridized carbons (Fsp3) is 0.478. The Balaban J connectivity index is 0.000000327. The van der Waals surface area contributed by atoms with Gasteiger partial charge in [-0.25, -0.2) is 0 Å². The first-order chi connectivity index (χ1) is 14.8. The number of hydrogen-bond donors (Lipinski definition) is 2. The maximum atomic E-state index is 11.8. The molecule has 8 nitrogen and oxygen atoms in total. The number of imide groups is 1. The Hall–Kier alpha value is -3.00. The van der Waals surface area contributed by atoms with Gasteiger partial charge in [0.15, 0.2) is 0 Å². The molecule has 4 amide bonds. The molecule has 1 aromatic rings. The van der Waals surface area contributed by atoms with Crippen LogP contribution in [0.4, 0.5) is 0 Å². The highest BCUT2D eigenvalue weighted by Crippen LogP contribution is 2.08. The molecular weight excluding hydrogens is 398 g/mol. The van der Waals surface area contributed by atoms with Crippen molar-refractivity contribution in [1.82, 2.24) is 15.1 Å². The molecule has 2 rings (SSSR count). The van der Waals surface area contributed by atoms with E-state index < -0.39 is 0 Å². The number of aryl methyl sites for hydroxylation is 2. The molecule has 0 radical (unpaired) electrons. The number of aliphatic hydroxyl groups is 1. The number of nitrogens with zero attached hydrogens (tertiary/aromatic N) is 2. The second kappa shape index (κ2) is 14.1. The van der Waals surface area contributed by atoms with Gasteiger partial charge >= 0.3 is 0 Å². The van der Waals surface area contributed by atoms with E-state index in [0.717, 1.165) is 24.2 Å². The van der Waals surface area contributed by atoms with E-state index >= 15 is 0 Å². The molecule has 0 atom stereocenters. The summed E-state index contributed by atoms with van der Waals surface area (Å²) in [5, 5.41) is 11.5. The highest BCUT2D eigenvalue weighted by atomic mass is 16.3. The average molecular weight is 432 g/mol. The van der Waals surface area contributed by atoms with E-state index in [-0.39, 0.29) is 43.3 Å². The Morgan fingerprint density at radius 1 is 1.06 bits per heavy atom. The van der Waals surface area contributed by atoms with Crippen molar-refractivity contribution in [3.05, 3.63) is 47.5 Å². The Morgan fingerprint density at radius 3 is 2.19 bits per heavy atom. The lowest BCUT2D eigenvalue weighted by Crippen LogP contribution is -2.33. The van der Waals surface area contributed by atoms with Crippen molar-refractivity contribution < 1.29 is 24.3 Å². The second-order valence-electron chi connectivity index (χ2n) is 7.22. The molecule has 8 heteroatoms. The lowest BCUT2D eigenvalue weighted by molar-refractivity contribution is -0.137. The molecule has 0 fully saturated rings. The fourth-order valence-corrected chi connectivity index (χ4v) is 2.89. The van der Waals surface area contributed by atoms with E-state index in [4.69, 9.17) is 5.11 Å². The number of hydrogen-bond acceptors (Lipinski definition) is 5. The molecule has 0 unspecified atom stereocenters. The van der Waals surface area contributed by atoms with Crippen LogP contribution in [0.1, 0.15) is 43.7 Å². The molecule has 1 aromatic carbocycles. The smallest absolute Gasteiger partial charge is 0.253 e. The zero-order valence-electron chi connectivity index (χ0n) is 18.6. The zero-order chi connectivity index (χ0) is 23.2. The summed E-state index contributed by atoms with van der Waals surface area (Å²) in [4.78, 5) is 47.1. The molecule has 0 aromatic heterocycles. The molecule has 31 heavy (non-hydrogen) atoms. The Bertz CT molecular complexity index is 756. The second-order valence-corrected chi connectivity index (χ2v) is 7.22. The molecule has 1 heterocycles. The number of nitrogens with one attached hydrogen (secondary N) is 1. The van der Waals surface area contributed by atoms with Crippen LogP contribution in [-0.4, -0.2) is 65.4 Å². The summed E-state index contributed by atoms with van der Waals surface area (Å²) in [6.45, 7) is 4.68. The van der Waals surface area contributed by atoms with E-state index in [1.807, 2.05) is 6.92 Å². The minimum absolute atomic E-state index is 0.0476. The van der Waals surface area contributed by atoms with Crippen LogP contribution in [0.25, 0.3) is 0 Å². The number of amides is 4. The molecular formula is C23H33N3O5. The Kier molecular flexibility index (Phi) is 11.8. The summed E-state index contributed by atoms with van der Waals surface area (Å²) in [5.41, 5.74) is 2.52. The van der Waals surface area contributed by atoms with Crippen LogP contribution in [0, 0.1) is 6.92 Å². The monoisotopic (exact) mass is 431 g/mol. The fourth-order valence-electron chi connectivity index (χ4n) is 2.89. The summed E-state index contributed by atoms with van der Waals surface area (Å²) >= 11 is 0.